The summed E-state index contributed by atoms with van der Waals surface area (Å²) in [5, 5.41) is 12.2. The van der Waals surface area contributed by atoms with Crippen LogP contribution in [-0.4, -0.2) is 17.1 Å². The summed E-state index contributed by atoms with van der Waals surface area (Å²) in [4.78, 5) is 11.5. The highest BCUT2D eigenvalue weighted by atomic mass is 16.3. The number of aromatic hydroxyl groups is 1. The van der Waals surface area contributed by atoms with Crippen molar-refractivity contribution in [2.75, 3.05) is 0 Å². The maximum absolute atomic E-state index is 11.5. The molecule has 0 aliphatic carbocycles. The summed E-state index contributed by atoms with van der Waals surface area (Å²) in [5.41, 5.74) is 6.35. The minimum absolute atomic E-state index is 0.176. The summed E-state index contributed by atoms with van der Waals surface area (Å²) in [6.45, 7) is 2.29. The first-order valence-corrected chi connectivity index (χ1v) is 5.45. The topological polar surface area (TPSA) is 75.4 Å². The summed E-state index contributed by atoms with van der Waals surface area (Å²) in [7, 11) is 0. The molecule has 0 fully saturated rings. The fraction of sp³-hybridized carbons (Fsp3) is 0.417. The lowest BCUT2D eigenvalue weighted by Crippen LogP contribution is -2.40. The monoisotopic (exact) mass is 222 g/mol. The average Bonchev–Trinajstić information content (AvgIpc) is 2.28. The number of phenolic OH excluding ortho intramolecular Hbond substituents is 1. The molecule has 0 aliphatic heterocycles. The van der Waals surface area contributed by atoms with Gasteiger partial charge in [-0.25, -0.2) is 0 Å². The van der Waals surface area contributed by atoms with Gasteiger partial charge < -0.3 is 16.2 Å². The second-order valence-electron chi connectivity index (χ2n) is 3.74. The number of nitrogens with one attached hydrogen (secondary N) is 1. The van der Waals surface area contributed by atoms with Crippen LogP contribution in [0.2, 0.25) is 0 Å². The molecule has 1 unspecified atom stereocenters. The summed E-state index contributed by atoms with van der Waals surface area (Å²) in [5.74, 6) is 0.0111. The van der Waals surface area contributed by atoms with Crippen LogP contribution in [0.25, 0.3) is 0 Å². The predicted octanol–water partition coefficient (Wildman–Crippen LogP) is 1.14. The number of para-hydroxylation sites is 1. The highest BCUT2D eigenvalue weighted by Gasteiger charge is 2.11. The maximum atomic E-state index is 11.5. The Bertz CT molecular complexity index is 353. The number of amides is 1. The van der Waals surface area contributed by atoms with E-state index < -0.39 is 6.04 Å². The zero-order valence-electron chi connectivity index (χ0n) is 9.44. The van der Waals surface area contributed by atoms with Crippen molar-refractivity contribution in [1.82, 2.24) is 5.32 Å². The van der Waals surface area contributed by atoms with Gasteiger partial charge in [-0.3, -0.25) is 4.79 Å². The molecular weight excluding hydrogens is 204 g/mol. The van der Waals surface area contributed by atoms with Crippen molar-refractivity contribution in [2.24, 2.45) is 5.73 Å². The van der Waals surface area contributed by atoms with Crippen LogP contribution < -0.4 is 11.1 Å². The van der Waals surface area contributed by atoms with Crippen LogP contribution in [0.4, 0.5) is 0 Å². The van der Waals surface area contributed by atoms with E-state index in [0.29, 0.717) is 18.5 Å². The van der Waals surface area contributed by atoms with Crippen LogP contribution >= 0.6 is 0 Å². The van der Waals surface area contributed by atoms with Crippen molar-refractivity contribution in [3.8, 4) is 5.75 Å². The third-order valence-corrected chi connectivity index (χ3v) is 2.38. The fourth-order valence-corrected chi connectivity index (χ4v) is 1.42. The Kier molecular flexibility index (Phi) is 4.79. The van der Waals surface area contributed by atoms with Crippen LogP contribution in [0, 0.1) is 0 Å². The van der Waals surface area contributed by atoms with Gasteiger partial charge in [0.1, 0.15) is 5.75 Å². The van der Waals surface area contributed by atoms with Crippen molar-refractivity contribution < 1.29 is 9.90 Å². The minimum Gasteiger partial charge on any atom is -0.508 e. The van der Waals surface area contributed by atoms with Gasteiger partial charge in [-0.05, 0) is 12.5 Å². The molecule has 1 aromatic rings. The molecule has 0 aliphatic rings. The lowest BCUT2D eigenvalue weighted by atomic mass is 10.1. The number of benzene rings is 1. The quantitative estimate of drug-likeness (QED) is 0.699. The molecule has 1 atom stereocenters. The SMILES string of the molecule is CCCC(N)C(=O)NCc1ccccc1O. The average molecular weight is 222 g/mol. The molecule has 4 heteroatoms. The number of phenols is 1. The Morgan fingerprint density at radius 3 is 2.81 bits per heavy atom. The second kappa shape index (κ2) is 6.12. The molecule has 4 nitrogen and oxygen atoms in total. The Morgan fingerprint density at radius 1 is 1.50 bits per heavy atom. The number of hydrogen-bond acceptors (Lipinski definition) is 3. The minimum atomic E-state index is -0.462. The molecule has 0 spiro atoms. The normalized spacial score (nSPS) is 12.1. The summed E-state index contributed by atoms with van der Waals surface area (Å²) < 4.78 is 0. The number of rotatable bonds is 5. The van der Waals surface area contributed by atoms with Gasteiger partial charge in [-0.15, -0.1) is 0 Å². The van der Waals surface area contributed by atoms with Crippen LogP contribution in [0.1, 0.15) is 25.3 Å². The van der Waals surface area contributed by atoms with Gasteiger partial charge in [0, 0.05) is 12.1 Å². The van der Waals surface area contributed by atoms with E-state index in [9.17, 15) is 9.90 Å². The van der Waals surface area contributed by atoms with E-state index in [1.165, 1.54) is 0 Å². The van der Waals surface area contributed by atoms with E-state index >= 15 is 0 Å². The van der Waals surface area contributed by atoms with Crippen molar-refractivity contribution in [3.63, 3.8) is 0 Å². The first-order chi connectivity index (χ1) is 7.65. The molecule has 1 rings (SSSR count). The van der Waals surface area contributed by atoms with Gasteiger partial charge in [-0.2, -0.15) is 0 Å². The Hall–Kier alpha value is -1.55. The van der Waals surface area contributed by atoms with E-state index in [-0.39, 0.29) is 11.7 Å². The smallest absolute Gasteiger partial charge is 0.237 e. The van der Waals surface area contributed by atoms with Gasteiger partial charge >= 0.3 is 0 Å². The van der Waals surface area contributed by atoms with E-state index in [0.717, 1.165) is 6.42 Å². The van der Waals surface area contributed by atoms with E-state index in [1.54, 1.807) is 18.2 Å². The fourth-order valence-electron chi connectivity index (χ4n) is 1.42. The van der Waals surface area contributed by atoms with E-state index in [4.69, 9.17) is 5.73 Å². The molecule has 16 heavy (non-hydrogen) atoms. The maximum Gasteiger partial charge on any atom is 0.237 e. The molecule has 88 valence electrons. The molecule has 0 heterocycles. The van der Waals surface area contributed by atoms with Crippen molar-refractivity contribution >= 4 is 5.91 Å². The zero-order valence-corrected chi connectivity index (χ0v) is 9.44. The van der Waals surface area contributed by atoms with Crippen molar-refractivity contribution in [1.29, 1.82) is 0 Å². The first kappa shape index (κ1) is 12.5. The number of nitrogens with two attached hydrogens (primary N) is 1. The Balaban J connectivity index is 2.46. The zero-order chi connectivity index (χ0) is 12.0. The Labute approximate surface area is 95.5 Å². The van der Waals surface area contributed by atoms with Gasteiger partial charge in [0.15, 0.2) is 0 Å². The number of carbonyl (C=O) groups is 1. The molecule has 1 aromatic carbocycles. The number of carbonyl (C=O) groups excluding carboxylic acids is 1. The van der Waals surface area contributed by atoms with Gasteiger partial charge in [0.2, 0.25) is 5.91 Å². The predicted molar refractivity (Wildman–Crippen MR) is 62.8 cm³/mol. The van der Waals surface area contributed by atoms with Crippen molar-refractivity contribution in [3.05, 3.63) is 29.8 Å². The van der Waals surface area contributed by atoms with Crippen molar-refractivity contribution in [2.45, 2.75) is 32.4 Å². The van der Waals surface area contributed by atoms with Crippen LogP contribution in [0.15, 0.2) is 24.3 Å². The van der Waals surface area contributed by atoms with Crippen LogP contribution in [0.3, 0.4) is 0 Å². The first-order valence-electron chi connectivity index (χ1n) is 5.45. The molecule has 0 radical (unpaired) electrons. The highest BCUT2D eigenvalue weighted by Crippen LogP contribution is 2.14. The molecule has 0 saturated heterocycles. The van der Waals surface area contributed by atoms with Crippen LogP contribution in [-0.2, 0) is 11.3 Å². The van der Waals surface area contributed by atoms with E-state index in [1.807, 2.05) is 13.0 Å². The summed E-state index contributed by atoms with van der Waals surface area (Å²) >= 11 is 0. The molecule has 0 bridgehead atoms. The summed E-state index contributed by atoms with van der Waals surface area (Å²) in [6.07, 6.45) is 1.55. The summed E-state index contributed by atoms with van der Waals surface area (Å²) in [6, 6.07) is 6.45. The van der Waals surface area contributed by atoms with Gasteiger partial charge in [0.05, 0.1) is 6.04 Å². The molecule has 0 aromatic heterocycles. The van der Waals surface area contributed by atoms with Crippen LogP contribution in [0.5, 0.6) is 5.75 Å². The standard InChI is InChI=1S/C12H18N2O2/c1-2-5-10(13)12(16)14-8-9-6-3-4-7-11(9)15/h3-4,6-7,10,15H,2,5,8,13H2,1H3,(H,14,16). The molecule has 0 saturated carbocycles. The number of hydrogen-bond donors (Lipinski definition) is 3. The third-order valence-electron chi connectivity index (χ3n) is 2.38. The third kappa shape index (κ3) is 3.55. The highest BCUT2D eigenvalue weighted by molar-refractivity contribution is 5.81. The van der Waals surface area contributed by atoms with Gasteiger partial charge in [-0.1, -0.05) is 31.5 Å². The largest absolute Gasteiger partial charge is 0.508 e. The lowest BCUT2D eigenvalue weighted by molar-refractivity contribution is -0.122. The second-order valence-corrected chi connectivity index (χ2v) is 3.74. The Morgan fingerprint density at radius 2 is 2.19 bits per heavy atom. The lowest BCUT2D eigenvalue weighted by Gasteiger charge is -2.11. The van der Waals surface area contributed by atoms with Gasteiger partial charge in [0.25, 0.3) is 0 Å². The molecular formula is C12H18N2O2. The molecule has 4 N–H and O–H groups in total. The van der Waals surface area contributed by atoms with E-state index in [2.05, 4.69) is 5.32 Å². The molecule has 1 amide bonds.